The quantitative estimate of drug-likeness (QED) is 0.410. The highest BCUT2D eigenvalue weighted by atomic mass is 32.2. The molecule has 0 fully saturated rings. The van der Waals surface area contributed by atoms with E-state index < -0.39 is 10.0 Å². The van der Waals surface area contributed by atoms with Gasteiger partial charge in [-0.15, -0.1) is 0 Å². The van der Waals surface area contributed by atoms with E-state index in [0.717, 1.165) is 40.1 Å². The summed E-state index contributed by atoms with van der Waals surface area (Å²) in [6.07, 6.45) is 5.36. The molecule has 0 saturated carbocycles. The van der Waals surface area contributed by atoms with Crippen LogP contribution in [0.25, 0.3) is 0 Å². The Morgan fingerprint density at radius 1 is 1.00 bits per heavy atom. The van der Waals surface area contributed by atoms with Gasteiger partial charge in [0.1, 0.15) is 5.75 Å². The molecule has 2 aliphatic rings. The fraction of sp³-hybridized carbons (Fsp3) is 0.286. The van der Waals surface area contributed by atoms with E-state index in [-0.39, 0.29) is 16.9 Å². The van der Waals surface area contributed by atoms with Crippen LogP contribution in [0.2, 0.25) is 0 Å². The van der Waals surface area contributed by atoms with Crippen molar-refractivity contribution in [2.24, 2.45) is 5.92 Å². The maximum atomic E-state index is 13.3. The van der Waals surface area contributed by atoms with Gasteiger partial charge in [-0.25, -0.2) is 8.42 Å². The summed E-state index contributed by atoms with van der Waals surface area (Å²) < 4.78 is 35.4. The minimum atomic E-state index is -3.72. The molecule has 3 aromatic carbocycles. The number of hydrogen-bond acceptors (Lipinski definition) is 4. The van der Waals surface area contributed by atoms with Crippen LogP contribution in [0.3, 0.4) is 0 Å². The molecule has 2 N–H and O–H groups in total. The van der Waals surface area contributed by atoms with Crippen LogP contribution >= 0.6 is 0 Å². The van der Waals surface area contributed by atoms with Crippen molar-refractivity contribution in [2.45, 2.75) is 44.0 Å². The summed E-state index contributed by atoms with van der Waals surface area (Å²) in [7, 11) is -3.72. The molecule has 0 radical (unpaired) electrons. The lowest BCUT2D eigenvalue weighted by Crippen LogP contribution is -2.29. The molecule has 34 heavy (non-hydrogen) atoms. The highest BCUT2D eigenvalue weighted by Gasteiger charge is 2.39. The SMILES string of the molecule is CCOc1ccccc1C1Nc2ccc(S(=O)(=O)Nc3c(C)cccc3C)cc2C2C=CCC21. The molecule has 0 amide bonds. The molecule has 0 spiro atoms. The minimum Gasteiger partial charge on any atom is -0.494 e. The largest absolute Gasteiger partial charge is 0.494 e. The molecule has 5 rings (SSSR count). The Morgan fingerprint density at radius 3 is 2.53 bits per heavy atom. The zero-order chi connectivity index (χ0) is 23.9. The fourth-order valence-electron chi connectivity index (χ4n) is 5.24. The average Bonchev–Trinajstić information content (AvgIpc) is 3.32. The Balaban J connectivity index is 1.51. The van der Waals surface area contributed by atoms with Crippen molar-refractivity contribution in [1.82, 2.24) is 0 Å². The van der Waals surface area contributed by atoms with Crippen molar-refractivity contribution < 1.29 is 13.2 Å². The van der Waals surface area contributed by atoms with Gasteiger partial charge in [-0.3, -0.25) is 4.72 Å². The predicted octanol–water partition coefficient (Wildman–Crippen LogP) is 6.33. The predicted molar refractivity (Wildman–Crippen MR) is 137 cm³/mol. The van der Waals surface area contributed by atoms with E-state index in [1.54, 1.807) is 6.07 Å². The van der Waals surface area contributed by atoms with Crippen LogP contribution in [0.15, 0.2) is 77.7 Å². The Bertz CT molecular complexity index is 1340. The highest BCUT2D eigenvalue weighted by molar-refractivity contribution is 7.92. The van der Waals surface area contributed by atoms with E-state index in [4.69, 9.17) is 4.74 Å². The number of fused-ring (bicyclic) bond motifs is 3. The number of anilines is 2. The number of rotatable bonds is 6. The van der Waals surface area contributed by atoms with Gasteiger partial charge in [-0.1, -0.05) is 48.6 Å². The number of allylic oxidation sites excluding steroid dienone is 2. The third-order valence-corrected chi connectivity index (χ3v) is 8.26. The summed E-state index contributed by atoms with van der Waals surface area (Å²) in [5.74, 6) is 1.33. The number of benzene rings is 3. The number of sulfonamides is 1. The van der Waals surface area contributed by atoms with Gasteiger partial charge in [0.2, 0.25) is 0 Å². The second kappa shape index (κ2) is 8.84. The molecular formula is C28H30N2O3S. The lowest BCUT2D eigenvalue weighted by Gasteiger charge is -2.38. The number of aryl methyl sites for hydroxylation is 2. The van der Waals surface area contributed by atoms with E-state index in [0.29, 0.717) is 18.2 Å². The Morgan fingerprint density at radius 2 is 1.76 bits per heavy atom. The Kier molecular flexibility index (Phi) is 5.86. The van der Waals surface area contributed by atoms with E-state index in [1.165, 1.54) is 0 Å². The highest BCUT2D eigenvalue weighted by Crippen LogP contribution is 2.51. The van der Waals surface area contributed by atoms with Crippen molar-refractivity contribution in [3.05, 3.63) is 95.1 Å². The first-order valence-corrected chi connectivity index (χ1v) is 13.2. The third-order valence-electron chi connectivity index (χ3n) is 6.92. The summed E-state index contributed by atoms with van der Waals surface area (Å²) in [5, 5.41) is 3.69. The molecular weight excluding hydrogens is 444 g/mol. The molecule has 1 aliphatic heterocycles. The molecule has 3 unspecified atom stereocenters. The van der Waals surface area contributed by atoms with Gasteiger partial charge in [0.25, 0.3) is 10.0 Å². The van der Waals surface area contributed by atoms with Crippen LogP contribution < -0.4 is 14.8 Å². The van der Waals surface area contributed by atoms with Crippen molar-refractivity contribution in [1.29, 1.82) is 0 Å². The average molecular weight is 475 g/mol. The molecule has 1 aliphatic carbocycles. The van der Waals surface area contributed by atoms with Gasteiger partial charge < -0.3 is 10.1 Å². The maximum absolute atomic E-state index is 13.3. The topological polar surface area (TPSA) is 67.4 Å². The molecule has 3 aromatic rings. The summed E-state index contributed by atoms with van der Waals surface area (Å²) in [6, 6.07) is 19.4. The van der Waals surface area contributed by atoms with E-state index >= 15 is 0 Å². The molecule has 176 valence electrons. The number of ether oxygens (including phenoxy) is 1. The number of hydrogen-bond donors (Lipinski definition) is 2. The first-order valence-electron chi connectivity index (χ1n) is 11.8. The zero-order valence-electron chi connectivity index (χ0n) is 19.7. The van der Waals surface area contributed by atoms with Crippen LogP contribution in [-0.2, 0) is 10.0 Å². The van der Waals surface area contributed by atoms with E-state index in [1.807, 2.05) is 69.3 Å². The fourth-order valence-corrected chi connectivity index (χ4v) is 6.48. The normalized spacial score (nSPS) is 20.9. The van der Waals surface area contributed by atoms with Crippen LogP contribution in [0.5, 0.6) is 5.75 Å². The molecule has 0 aromatic heterocycles. The monoisotopic (exact) mass is 474 g/mol. The molecule has 5 nitrogen and oxygen atoms in total. The molecule has 1 heterocycles. The van der Waals surface area contributed by atoms with Gasteiger partial charge in [-0.2, -0.15) is 0 Å². The zero-order valence-corrected chi connectivity index (χ0v) is 20.5. The molecule has 0 bridgehead atoms. The summed E-state index contributed by atoms with van der Waals surface area (Å²) >= 11 is 0. The van der Waals surface area contributed by atoms with Crippen LogP contribution in [0, 0.1) is 19.8 Å². The van der Waals surface area contributed by atoms with Gasteiger partial charge in [0.15, 0.2) is 0 Å². The van der Waals surface area contributed by atoms with Crippen LogP contribution in [0.1, 0.15) is 47.6 Å². The minimum absolute atomic E-state index is 0.0884. The van der Waals surface area contributed by atoms with Crippen molar-refractivity contribution in [2.75, 3.05) is 16.6 Å². The van der Waals surface area contributed by atoms with Gasteiger partial charge in [0, 0.05) is 17.2 Å². The molecule has 3 atom stereocenters. The smallest absolute Gasteiger partial charge is 0.261 e. The maximum Gasteiger partial charge on any atom is 0.261 e. The number of nitrogens with one attached hydrogen (secondary N) is 2. The second-order valence-corrected chi connectivity index (χ2v) is 10.8. The lowest BCUT2D eigenvalue weighted by atomic mass is 9.77. The third kappa shape index (κ3) is 3.96. The first-order chi connectivity index (χ1) is 16.4. The molecule has 6 heteroatoms. The van der Waals surface area contributed by atoms with Crippen LogP contribution in [0.4, 0.5) is 11.4 Å². The summed E-state index contributed by atoms with van der Waals surface area (Å²) in [4.78, 5) is 0.280. The second-order valence-electron chi connectivity index (χ2n) is 9.07. The molecule has 0 saturated heterocycles. The van der Waals surface area contributed by atoms with Crippen molar-refractivity contribution in [3.8, 4) is 5.75 Å². The van der Waals surface area contributed by atoms with Crippen LogP contribution in [-0.4, -0.2) is 15.0 Å². The van der Waals surface area contributed by atoms with E-state index in [2.05, 4.69) is 28.3 Å². The standard InChI is InChI=1S/C28H30N2O3S/c1-4-33-26-14-6-5-11-23(26)28-22-13-8-12-21(22)24-17-20(15-16-25(24)29-28)34(31,32)30-27-18(2)9-7-10-19(27)3/h5-12,14-17,21-22,28-30H,4,13H2,1-3H3. The first kappa shape index (κ1) is 22.5. The lowest BCUT2D eigenvalue weighted by molar-refractivity contribution is 0.326. The van der Waals surface area contributed by atoms with Gasteiger partial charge >= 0.3 is 0 Å². The Hall–Kier alpha value is -3.25. The summed E-state index contributed by atoms with van der Waals surface area (Å²) in [6.45, 7) is 6.43. The van der Waals surface area contributed by atoms with Crippen molar-refractivity contribution in [3.63, 3.8) is 0 Å². The Labute approximate surface area is 201 Å². The van der Waals surface area contributed by atoms with Gasteiger partial charge in [0.05, 0.1) is 23.2 Å². The van der Waals surface area contributed by atoms with E-state index in [9.17, 15) is 8.42 Å². The van der Waals surface area contributed by atoms with Crippen molar-refractivity contribution >= 4 is 21.4 Å². The summed E-state index contributed by atoms with van der Waals surface area (Å²) in [5.41, 5.74) is 5.57. The van der Waals surface area contributed by atoms with Gasteiger partial charge in [-0.05, 0) is 74.1 Å². The number of para-hydroxylation sites is 2.